The lowest BCUT2D eigenvalue weighted by molar-refractivity contribution is 0.102. The van der Waals surface area contributed by atoms with Crippen molar-refractivity contribution < 1.29 is 4.79 Å². The third-order valence-electron chi connectivity index (χ3n) is 5.33. The van der Waals surface area contributed by atoms with Crippen molar-refractivity contribution in [3.05, 3.63) is 42.2 Å². The van der Waals surface area contributed by atoms with E-state index in [0.29, 0.717) is 17.8 Å². The Kier molecular flexibility index (Phi) is 6.74. The van der Waals surface area contributed by atoms with Gasteiger partial charge in [-0.2, -0.15) is 5.10 Å². The summed E-state index contributed by atoms with van der Waals surface area (Å²) in [7, 11) is 0. The molecule has 1 saturated carbocycles. The van der Waals surface area contributed by atoms with Crippen molar-refractivity contribution in [3.8, 4) is 0 Å². The molecule has 2 heterocycles. The highest BCUT2D eigenvalue weighted by Gasteiger charge is 2.18. The number of nitrogens with zero attached hydrogens (tertiary/aromatic N) is 2. The van der Waals surface area contributed by atoms with E-state index in [1.165, 1.54) is 25.7 Å². The molecule has 1 saturated heterocycles. The fraction of sp³-hybridized carbons (Fsp3) is 0.500. The third-order valence-corrected chi connectivity index (χ3v) is 5.33. The van der Waals surface area contributed by atoms with Gasteiger partial charge >= 0.3 is 0 Å². The molecule has 1 amide bonds. The van der Waals surface area contributed by atoms with Crippen molar-refractivity contribution in [2.45, 2.75) is 50.6 Å². The number of rotatable bonds is 5. The van der Waals surface area contributed by atoms with E-state index in [9.17, 15) is 4.79 Å². The summed E-state index contributed by atoms with van der Waals surface area (Å²) >= 11 is 0. The Morgan fingerprint density at radius 3 is 2.70 bits per heavy atom. The molecule has 27 heavy (non-hydrogen) atoms. The van der Waals surface area contributed by atoms with Crippen LogP contribution in [0.2, 0.25) is 0 Å². The number of carbonyl (C=O) groups excluding carboxylic acids is 1. The smallest absolute Gasteiger partial charge is 0.276 e. The lowest BCUT2D eigenvalue weighted by Crippen LogP contribution is -2.32. The standard InChI is InChI=1S/C20H27N5O.ClH/c26-20(19-10-12-25(24-19)18-9-4-11-21-14-18)23-17-8-3-7-16(13-17)22-15-5-1-2-6-15;/h3,7-8,10,12-13,15,18,21-22H,1-2,4-6,9,11,14H2,(H,23,26);1H. The van der Waals surface area contributed by atoms with Gasteiger partial charge in [-0.15, -0.1) is 12.4 Å². The number of carbonyl (C=O) groups is 1. The average molecular weight is 390 g/mol. The van der Waals surface area contributed by atoms with Crippen molar-refractivity contribution >= 4 is 29.7 Å². The fourth-order valence-corrected chi connectivity index (χ4v) is 3.91. The van der Waals surface area contributed by atoms with E-state index in [1.807, 2.05) is 29.1 Å². The number of nitrogens with one attached hydrogen (secondary N) is 3. The summed E-state index contributed by atoms with van der Waals surface area (Å²) in [6, 6.07) is 10.6. The molecular weight excluding hydrogens is 362 g/mol. The van der Waals surface area contributed by atoms with Crippen LogP contribution in [0.25, 0.3) is 0 Å². The second-order valence-corrected chi connectivity index (χ2v) is 7.34. The highest BCUT2D eigenvalue weighted by molar-refractivity contribution is 6.03. The highest BCUT2D eigenvalue weighted by Crippen LogP contribution is 2.24. The Labute approximate surface area is 166 Å². The van der Waals surface area contributed by atoms with E-state index >= 15 is 0 Å². The summed E-state index contributed by atoms with van der Waals surface area (Å²) in [5, 5.41) is 14.4. The Hall–Kier alpha value is -2.05. The quantitative estimate of drug-likeness (QED) is 0.726. The molecule has 2 aliphatic rings. The van der Waals surface area contributed by atoms with Gasteiger partial charge in [-0.1, -0.05) is 18.9 Å². The minimum Gasteiger partial charge on any atom is -0.382 e. The summed E-state index contributed by atoms with van der Waals surface area (Å²) in [4.78, 5) is 12.5. The fourth-order valence-electron chi connectivity index (χ4n) is 3.91. The number of hydrogen-bond donors (Lipinski definition) is 3. The first-order chi connectivity index (χ1) is 12.8. The molecule has 1 unspecified atom stereocenters. The maximum Gasteiger partial charge on any atom is 0.276 e. The number of piperidine rings is 1. The van der Waals surface area contributed by atoms with Crippen LogP contribution in [0.5, 0.6) is 0 Å². The lowest BCUT2D eigenvalue weighted by atomic mass is 10.1. The van der Waals surface area contributed by atoms with Crippen molar-refractivity contribution in [1.29, 1.82) is 0 Å². The molecule has 1 aliphatic carbocycles. The molecule has 1 aliphatic heterocycles. The molecule has 1 atom stereocenters. The zero-order chi connectivity index (χ0) is 17.8. The zero-order valence-electron chi connectivity index (χ0n) is 15.5. The first kappa shape index (κ1) is 19.7. The number of anilines is 2. The summed E-state index contributed by atoms with van der Waals surface area (Å²) in [5.74, 6) is -0.162. The van der Waals surface area contributed by atoms with E-state index < -0.39 is 0 Å². The van der Waals surface area contributed by atoms with Gasteiger partial charge in [0.15, 0.2) is 5.69 Å². The van der Waals surface area contributed by atoms with Gasteiger partial charge in [-0.25, -0.2) is 0 Å². The molecule has 146 valence electrons. The molecule has 4 rings (SSSR count). The van der Waals surface area contributed by atoms with Crippen molar-refractivity contribution in [2.75, 3.05) is 23.7 Å². The topological polar surface area (TPSA) is 71.0 Å². The van der Waals surface area contributed by atoms with Gasteiger partial charge in [0.2, 0.25) is 0 Å². The maximum absolute atomic E-state index is 12.5. The van der Waals surface area contributed by atoms with Crippen LogP contribution in [0.3, 0.4) is 0 Å². The number of amides is 1. The minimum absolute atomic E-state index is 0. The maximum atomic E-state index is 12.5. The average Bonchev–Trinajstić information content (AvgIpc) is 3.35. The van der Waals surface area contributed by atoms with Gasteiger partial charge in [0.25, 0.3) is 5.91 Å². The van der Waals surface area contributed by atoms with Gasteiger partial charge in [-0.05, 0) is 56.5 Å². The Bertz CT molecular complexity index is 750. The van der Waals surface area contributed by atoms with Gasteiger partial charge in [0.05, 0.1) is 6.04 Å². The zero-order valence-corrected chi connectivity index (χ0v) is 16.3. The van der Waals surface area contributed by atoms with Crippen molar-refractivity contribution in [1.82, 2.24) is 15.1 Å². The largest absolute Gasteiger partial charge is 0.382 e. The number of halogens is 1. The molecule has 7 heteroatoms. The van der Waals surface area contributed by atoms with Crippen LogP contribution in [-0.2, 0) is 0 Å². The second-order valence-electron chi connectivity index (χ2n) is 7.34. The predicted octanol–water partition coefficient (Wildman–Crippen LogP) is 3.84. The van der Waals surface area contributed by atoms with Crippen LogP contribution in [0, 0.1) is 0 Å². The van der Waals surface area contributed by atoms with E-state index in [-0.39, 0.29) is 18.3 Å². The van der Waals surface area contributed by atoms with E-state index in [1.54, 1.807) is 6.07 Å². The number of aromatic nitrogens is 2. The van der Waals surface area contributed by atoms with E-state index in [0.717, 1.165) is 37.3 Å². The van der Waals surface area contributed by atoms with Gasteiger partial charge < -0.3 is 16.0 Å². The molecule has 1 aromatic carbocycles. The highest BCUT2D eigenvalue weighted by atomic mass is 35.5. The Morgan fingerprint density at radius 1 is 1.11 bits per heavy atom. The Balaban J connectivity index is 0.00000210. The summed E-state index contributed by atoms with van der Waals surface area (Å²) in [6.07, 6.45) is 9.21. The lowest BCUT2D eigenvalue weighted by Gasteiger charge is -2.22. The van der Waals surface area contributed by atoms with Crippen LogP contribution in [0.4, 0.5) is 11.4 Å². The molecule has 0 spiro atoms. The molecular formula is C20H28ClN5O. The monoisotopic (exact) mass is 389 g/mol. The molecule has 0 radical (unpaired) electrons. The third kappa shape index (κ3) is 5.02. The SMILES string of the molecule is Cl.O=C(Nc1cccc(NC2CCCC2)c1)c1ccn(C2CCCNC2)n1. The van der Waals surface area contributed by atoms with Crippen LogP contribution >= 0.6 is 12.4 Å². The number of benzene rings is 1. The van der Waals surface area contributed by atoms with Gasteiger partial charge in [0.1, 0.15) is 0 Å². The van der Waals surface area contributed by atoms with E-state index in [4.69, 9.17) is 0 Å². The summed E-state index contributed by atoms with van der Waals surface area (Å²) in [6.45, 7) is 1.98. The summed E-state index contributed by atoms with van der Waals surface area (Å²) in [5.41, 5.74) is 2.32. The second kappa shape index (κ2) is 9.24. The van der Waals surface area contributed by atoms with Crippen molar-refractivity contribution in [3.63, 3.8) is 0 Å². The normalized spacial score (nSPS) is 20.1. The molecule has 2 fully saturated rings. The number of hydrogen-bond acceptors (Lipinski definition) is 4. The summed E-state index contributed by atoms with van der Waals surface area (Å²) < 4.78 is 1.92. The van der Waals surface area contributed by atoms with Crippen molar-refractivity contribution in [2.24, 2.45) is 0 Å². The van der Waals surface area contributed by atoms with Crippen LogP contribution < -0.4 is 16.0 Å². The minimum atomic E-state index is -0.162. The van der Waals surface area contributed by atoms with Crippen LogP contribution in [0.1, 0.15) is 55.1 Å². The van der Waals surface area contributed by atoms with Gasteiger partial charge in [0, 0.05) is 30.2 Å². The van der Waals surface area contributed by atoms with Crippen LogP contribution in [-0.4, -0.2) is 34.8 Å². The van der Waals surface area contributed by atoms with Crippen LogP contribution in [0.15, 0.2) is 36.5 Å². The first-order valence-electron chi connectivity index (χ1n) is 9.72. The molecule has 6 nitrogen and oxygen atoms in total. The molecule has 1 aromatic heterocycles. The molecule has 3 N–H and O–H groups in total. The predicted molar refractivity (Wildman–Crippen MR) is 111 cm³/mol. The molecule has 0 bridgehead atoms. The first-order valence-corrected chi connectivity index (χ1v) is 9.72. The van der Waals surface area contributed by atoms with E-state index in [2.05, 4.69) is 27.1 Å². The Morgan fingerprint density at radius 2 is 1.93 bits per heavy atom. The molecule has 2 aromatic rings. The van der Waals surface area contributed by atoms with Gasteiger partial charge in [-0.3, -0.25) is 9.48 Å².